The fourth-order valence-corrected chi connectivity index (χ4v) is 2.40. The number of nitrogens with zero attached hydrogens (tertiary/aromatic N) is 1. The molecule has 0 fully saturated rings. The number of ketones is 1. The average molecular weight is 364 g/mol. The van der Waals surface area contributed by atoms with Gasteiger partial charge in [0, 0.05) is 18.2 Å². The Hall–Kier alpha value is -2.37. The number of carbonyl (C=O) groups excluding carboxylic acids is 1. The van der Waals surface area contributed by atoms with Crippen LogP contribution < -0.4 is 0 Å². The van der Waals surface area contributed by atoms with Gasteiger partial charge in [-0.15, -0.1) is 12.4 Å². The molecule has 0 aliphatic heterocycles. The third kappa shape index (κ3) is 5.59. The van der Waals surface area contributed by atoms with Crippen molar-refractivity contribution in [3.05, 3.63) is 65.2 Å². The second-order valence-corrected chi connectivity index (χ2v) is 5.94. The lowest BCUT2D eigenvalue weighted by Gasteiger charge is -2.26. The van der Waals surface area contributed by atoms with Gasteiger partial charge in [0.15, 0.2) is 5.78 Å². The molecule has 0 atom stereocenters. The summed E-state index contributed by atoms with van der Waals surface area (Å²) in [5.74, 6) is -1.78. The number of hydrogen-bond donors (Lipinski definition) is 2. The summed E-state index contributed by atoms with van der Waals surface area (Å²) in [6, 6.07) is 13.9. The van der Waals surface area contributed by atoms with E-state index < -0.39 is 5.97 Å². The van der Waals surface area contributed by atoms with E-state index in [2.05, 4.69) is 0 Å². The monoisotopic (exact) mass is 363 g/mol. The largest absolute Gasteiger partial charge is 0.507 e. The standard InChI is InChI=1S/C19H21NO4.ClH/c1-13(2)20(11-14-6-4-3-5-7-14)12-18(22)15-8-9-17(21)16(10-15)19(23)24;/h3-10,13,21H,11-12H2,1-2H3,(H,23,24);1H. The van der Waals surface area contributed by atoms with E-state index in [9.17, 15) is 14.7 Å². The van der Waals surface area contributed by atoms with E-state index in [1.165, 1.54) is 18.2 Å². The number of rotatable bonds is 7. The van der Waals surface area contributed by atoms with Crippen molar-refractivity contribution in [2.45, 2.75) is 26.4 Å². The number of phenols is 1. The molecule has 0 radical (unpaired) electrons. The van der Waals surface area contributed by atoms with Gasteiger partial charge in [0.2, 0.25) is 0 Å². The second kappa shape index (κ2) is 9.20. The lowest BCUT2D eigenvalue weighted by atomic mass is 10.0. The summed E-state index contributed by atoms with van der Waals surface area (Å²) in [4.78, 5) is 25.6. The zero-order valence-corrected chi connectivity index (χ0v) is 15.0. The van der Waals surface area contributed by atoms with E-state index in [0.29, 0.717) is 6.54 Å². The molecular formula is C19H22ClNO4. The highest BCUT2D eigenvalue weighted by atomic mass is 35.5. The summed E-state index contributed by atoms with van der Waals surface area (Å²) in [5, 5.41) is 18.6. The summed E-state index contributed by atoms with van der Waals surface area (Å²) in [6.07, 6.45) is 0. The van der Waals surface area contributed by atoms with Crippen LogP contribution in [0.3, 0.4) is 0 Å². The number of carbonyl (C=O) groups is 2. The lowest BCUT2D eigenvalue weighted by molar-refractivity contribution is 0.0693. The van der Waals surface area contributed by atoms with Gasteiger partial charge in [-0.05, 0) is 37.6 Å². The summed E-state index contributed by atoms with van der Waals surface area (Å²) < 4.78 is 0. The molecule has 0 aliphatic carbocycles. The number of hydrogen-bond acceptors (Lipinski definition) is 4. The van der Waals surface area contributed by atoms with E-state index in [0.717, 1.165) is 5.56 Å². The molecule has 0 aliphatic rings. The van der Waals surface area contributed by atoms with Gasteiger partial charge in [-0.25, -0.2) is 4.79 Å². The molecule has 0 spiro atoms. The Morgan fingerprint density at radius 1 is 1.08 bits per heavy atom. The van der Waals surface area contributed by atoms with Crippen LogP contribution in [0.15, 0.2) is 48.5 Å². The summed E-state index contributed by atoms with van der Waals surface area (Å²) in [7, 11) is 0. The van der Waals surface area contributed by atoms with Crippen LogP contribution in [0.1, 0.15) is 40.1 Å². The lowest BCUT2D eigenvalue weighted by Crippen LogP contribution is -2.35. The highest BCUT2D eigenvalue weighted by Gasteiger charge is 2.18. The minimum atomic E-state index is -1.26. The number of carboxylic acid groups (broad SMARTS) is 1. The third-order valence-electron chi connectivity index (χ3n) is 3.85. The van der Waals surface area contributed by atoms with Gasteiger partial charge in [0.05, 0.1) is 6.54 Å². The van der Waals surface area contributed by atoms with Crippen LogP contribution >= 0.6 is 12.4 Å². The zero-order chi connectivity index (χ0) is 17.7. The van der Waals surface area contributed by atoms with Crippen molar-refractivity contribution in [1.82, 2.24) is 4.90 Å². The molecule has 134 valence electrons. The van der Waals surface area contributed by atoms with E-state index in [1.807, 2.05) is 49.1 Å². The molecule has 5 nitrogen and oxygen atoms in total. The molecule has 2 N–H and O–H groups in total. The van der Waals surface area contributed by atoms with E-state index in [1.54, 1.807) is 0 Å². The quantitative estimate of drug-likeness (QED) is 0.735. The highest BCUT2D eigenvalue weighted by Crippen LogP contribution is 2.19. The van der Waals surface area contributed by atoms with Crippen LogP contribution in [0.2, 0.25) is 0 Å². The maximum atomic E-state index is 12.5. The Kier molecular flexibility index (Phi) is 7.61. The minimum Gasteiger partial charge on any atom is -0.507 e. The topological polar surface area (TPSA) is 77.8 Å². The Morgan fingerprint density at radius 2 is 1.72 bits per heavy atom. The van der Waals surface area contributed by atoms with Gasteiger partial charge in [-0.2, -0.15) is 0 Å². The first-order chi connectivity index (χ1) is 11.4. The number of aromatic hydroxyl groups is 1. The Balaban J connectivity index is 0.00000312. The van der Waals surface area contributed by atoms with Crippen molar-refractivity contribution in [3.8, 4) is 5.75 Å². The van der Waals surface area contributed by atoms with E-state index >= 15 is 0 Å². The van der Waals surface area contributed by atoms with Crippen molar-refractivity contribution in [3.63, 3.8) is 0 Å². The van der Waals surface area contributed by atoms with Crippen LogP contribution in [0.25, 0.3) is 0 Å². The molecule has 0 saturated carbocycles. The van der Waals surface area contributed by atoms with E-state index in [-0.39, 0.29) is 47.7 Å². The number of carboxylic acids is 1. The van der Waals surface area contributed by atoms with Gasteiger partial charge < -0.3 is 10.2 Å². The van der Waals surface area contributed by atoms with Crippen LogP contribution in [-0.4, -0.2) is 39.5 Å². The molecule has 0 aromatic heterocycles. The smallest absolute Gasteiger partial charge is 0.339 e. The molecule has 2 aromatic carbocycles. The number of aromatic carboxylic acids is 1. The van der Waals surface area contributed by atoms with Gasteiger partial charge in [-0.3, -0.25) is 9.69 Å². The maximum absolute atomic E-state index is 12.5. The molecule has 0 amide bonds. The van der Waals surface area contributed by atoms with Crippen molar-refractivity contribution >= 4 is 24.2 Å². The minimum absolute atomic E-state index is 0. The van der Waals surface area contributed by atoms with Crippen LogP contribution in [0.4, 0.5) is 0 Å². The SMILES string of the molecule is CC(C)N(CC(=O)c1ccc(O)c(C(=O)O)c1)Cc1ccccc1.Cl. The first-order valence-corrected chi connectivity index (χ1v) is 7.76. The first kappa shape index (κ1) is 20.7. The van der Waals surface area contributed by atoms with Crippen molar-refractivity contribution in [2.24, 2.45) is 0 Å². The van der Waals surface area contributed by atoms with Gasteiger partial charge in [-0.1, -0.05) is 30.3 Å². The predicted octanol–water partition coefficient (Wildman–Crippen LogP) is 3.61. The van der Waals surface area contributed by atoms with Gasteiger partial charge >= 0.3 is 5.97 Å². The molecule has 0 bridgehead atoms. The molecule has 6 heteroatoms. The zero-order valence-electron chi connectivity index (χ0n) is 14.2. The molecule has 25 heavy (non-hydrogen) atoms. The molecule has 0 unspecified atom stereocenters. The Morgan fingerprint density at radius 3 is 2.28 bits per heavy atom. The van der Waals surface area contributed by atoms with Crippen molar-refractivity contribution in [1.29, 1.82) is 0 Å². The van der Waals surface area contributed by atoms with Crippen molar-refractivity contribution < 1.29 is 19.8 Å². The molecule has 0 saturated heterocycles. The average Bonchev–Trinajstić information content (AvgIpc) is 2.55. The predicted molar refractivity (Wildman–Crippen MR) is 98.6 cm³/mol. The fourth-order valence-electron chi connectivity index (χ4n) is 2.40. The van der Waals surface area contributed by atoms with E-state index in [4.69, 9.17) is 5.11 Å². The normalized spacial score (nSPS) is 10.6. The molecule has 2 rings (SSSR count). The molecule has 2 aromatic rings. The number of benzene rings is 2. The Bertz CT molecular complexity index is 731. The number of halogens is 1. The van der Waals surface area contributed by atoms with Crippen molar-refractivity contribution in [2.75, 3.05) is 6.54 Å². The highest BCUT2D eigenvalue weighted by molar-refractivity contribution is 6.01. The number of Topliss-reactive ketones (excluding diaryl/α,β-unsaturated/α-hetero) is 1. The Labute approximate surface area is 153 Å². The summed E-state index contributed by atoms with van der Waals surface area (Å²) >= 11 is 0. The van der Waals surface area contributed by atoms with Gasteiger partial charge in [0.25, 0.3) is 0 Å². The van der Waals surface area contributed by atoms with Gasteiger partial charge in [0.1, 0.15) is 11.3 Å². The van der Waals surface area contributed by atoms with Crippen LogP contribution in [0, 0.1) is 0 Å². The maximum Gasteiger partial charge on any atom is 0.339 e. The van der Waals surface area contributed by atoms with Crippen LogP contribution in [0.5, 0.6) is 5.75 Å². The summed E-state index contributed by atoms with van der Waals surface area (Å²) in [5.41, 5.74) is 1.12. The molecule has 0 heterocycles. The second-order valence-electron chi connectivity index (χ2n) is 5.94. The first-order valence-electron chi connectivity index (χ1n) is 7.76. The third-order valence-corrected chi connectivity index (χ3v) is 3.85. The fraction of sp³-hybridized carbons (Fsp3) is 0.263. The molecular weight excluding hydrogens is 342 g/mol. The summed E-state index contributed by atoms with van der Waals surface area (Å²) in [6.45, 7) is 4.83. The van der Waals surface area contributed by atoms with Crippen LogP contribution in [-0.2, 0) is 6.54 Å².